The van der Waals surface area contributed by atoms with Crippen LogP contribution >= 0.6 is 11.8 Å². The highest BCUT2D eigenvalue weighted by atomic mass is 32.2. The van der Waals surface area contributed by atoms with E-state index in [-0.39, 0.29) is 0 Å². The largest absolute Gasteiger partial charge is 0.388 e. The quantitative estimate of drug-likeness (QED) is 0.764. The topological polar surface area (TPSA) is 15.3 Å². The van der Waals surface area contributed by atoms with E-state index < -0.39 is 0 Å². The lowest BCUT2D eigenvalue weighted by Crippen LogP contribution is -2.26. The SMILES string of the molecule is CCCN(CCSC)Cc1ccc(NC)cc1. The lowest BCUT2D eigenvalue weighted by Gasteiger charge is -2.21. The van der Waals surface area contributed by atoms with Gasteiger partial charge in [-0.15, -0.1) is 0 Å². The van der Waals surface area contributed by atoms with Gasteiger partial charge in [0.2, 0.25) is 0 Å². The van der Waals surface area contributed by atoms with Crippen molar-refractivity contribution < 1.29 is 0 Å². The van der Waals surface area contributed by atoms with Gasteiger partial charge in [0.25, 0.3) is 0 Å². The summed E-state index contributed by atoms with van der Waals surface area (Å²) in [4.78, 5) is 2.53. The number of rotatable bonds is 8. The molecule has 1 rings (SSSR count). The monoisotopic (exact) mass is 252 g/mol. The second kappa shape index (κ2) is 8.43. The smallest absolute Gasteiger partial charge is 0.0337 e. The maximum absolute atomic E-state index is 3.15. The van der Waals surface area contributed by atoms with Crippen LogP contribution in [-0.2, 0) is 6.54 Å². The highest BCUT2D eigenvalue weighted by molar-refractivity contribution is 7.98. The summed E-state index contributed by atoms with van der Waals surface area (Å²) in [5.41, 5.74) is 2.58. The Morgan fingerprint density at radius 2 is 1.88 bits per heavy atom. The number of benzene rings is 1. The summed E-state index contributed by atoms with van der Waals surface area (Å²) in [6.07, 6.45) is 3.40. The minimum atomic E-state index is 1.07. The number of thioether (sulfide) groups is 1. The average Bonchev–Trinajstić information content (AvgIpc) is 2.37. The van der Waals surface area contributed by atoms with Gasteiger partial charge in [-0.05, 0) is 36.9 Å². The normalized spacial score (nSPS) is 10.8. The number of hydrogen-bond donors (Lipinski definition) is 1. The number of nitrogens with zero attached hydrogens (tertiary/aromatic N) is 1. The highest BCUT2D eigenvalue weighted by Crippen LogP contribution is 2.11. The summed E-state index contributed by atoms with van der Waals surface area (Å²) in [5, 5.41) is 3.15. The van der Waals surface area contributed by atoms with Gasteiger partial charge < -0.3 is 5.32 Å². The van der Waals surface area contributed by atoms with Gasteiger partial charge in [-0.3, -0.25) is 4.90 Å². The summed E-state index contributed by atoms with van der Waals surface area (Å²) in [6, 6.07) is 8.73. The van der Waals surface area contributed by atoms with E-state index in [1.165, 1.54) is 36.5 Å². The molecule has 0 aliphatic heterocycles. The molecule has 0 aliphatic carbocycles. The van der Waals surface area contributed by atoms with Crippen LogP contribution < -0.4 is 5.32 Å². The molecule has 96 valence electrons. The Morgan fingerprint density at radius 3 is 2.41 bits per heavy atom. The van der Waals surface area contributed by atoms with Gasteiger partial charge >= 0.3 is 0 Å². The van der Waals surface area contributed by atoms with E-state index in [0.717, 1.165) is 6.54 Å². The fraction of sp³-hybridized carbons (Fsp3) is 0.571. The molecule has 3 heteroatoms. The first-order valence-electron chi connectivity index (χ1n) is 6.28. The van der Waals surface area contributed by atoms with Gasteiger partial charge in [0.15, 0.2) is 0 Å². The predicted molar refractivity (Wildman–Crippen MR) is 79.9 cm³/mol. The van der Waals surface area contributed by atoms with Gasteiger partial charge in [0, 0.05) is 31.6 Å². The summed E-state index contributed by atoms with van der Waals surface area (Å²) >= 11 is 1.92. The van der Waals surface area contributed by atoms with E-state index in [0.29, 0.717) is 0 Å². The molecule has 0 fully saturated rings. The van der Waals surface area contributed by atoms with Crippen molar-refractivity contribution in [1.82, 2.24) is 4.90 Å². The molecular weight excluding hydrogens is 228 g/mol. The van der Waals surface area contributed by atoms with Crippen molar-refractivity contribution in [3.8, 4) is 0 Å². The second-order valence-electron chi connectivity index (χ2n) is 4.22. The van der Waals surface area contributed by atoms with Crippen LogP contribution in [0.2, 0.25) is 0 Å². The molecule has 1 N–H and O–H groups in total. The zero-order valence-electron chi connectivity index (χ0n) is 11.2. The molecule has 1 aromatic rings. The van der Waals surface area contributed by atoms with E-state index in [4.69, 9.17) is 0 Å². The van der Waals surface area contributed by atoms with E-state index in [2.05, 4.69) is 47.7 Å². The fourth-order valence-corrected chi connectivity index (χ4v) is 2.28. The first-order valence-corrected chi connectivity index (χ1v) is 7.67. The van der Waals surface area contributed by atoms with Crippen LogP contribution in [0.25, 0.3) is 0 Å². The Balaban J connectivity index is 2.51. The van der Waals surface area contributed by atoms with Crippen molar-refractivity contribution in [3.63, 3.8) is 0 Å². The maximum Gasteiger partial charge on any atom is 0.0337 e. The number of nitrogens with one attached hydrogen (secondary N) is 1. The van der Waals surface area contributed by atoms with Crippen LogP contribution in [0.1, 0.15) is 18.9 Å². The van der Waals surface area contributed by atoms with Crippen molar-refractivity contribution in [2.24, 2.45) is 0 Å². The van der Waals surface area contributed by atoms with Crippen LogP contribution in [0.3, 0.4) is 0 Å². The van der Waals surface area contributed by atoms with Crippen LogP contribution in [0, 0.1) is 0 Å². The third-order valence-electron chi connectivity index (χ3n) is 2.80. The van der Waals surface area contributed by atoms with Crippen molar-refractivity contribution in [1.29, 1.82) is 0 Å². The van der Waals surface area contributed by atoms with E-state index in [9.17, 15) is 0 Å². The molecule has 0 aromatic heterocycles. The molecule has 0 radical (unpaired) electrons. The molecule has 0 bridgehead atoms. The third-order valence-corrected chi connectivity index (χ3v) is 3.39. The Kier molecular flexibility index (Phi) is 7.13. The van der Waals surface area contributed by atoms with Crippen molar-refractivity contribution >= 4 is 17.4 Å². The zero-order valence-corrected chi connectivity index (χ0v) is 12.0. The molecule has 0 saturated carbocycles. The summed E-state index contributed by atoms with van der Waals surface area (Å²) in [7, 11) is 1.96. The first-order chi connectivity index (χ1) is 8.30. The Morgan fingerprint density at radius 1 is 1.18 bits per heavy atom. The van der Waals surface area contributed by atoms with E-state index in [1.54, 1.807) is 0 Å². The molecular formula is C14H24N2S. The van der Waals surface area contributed by atoms with E-state index >= 15 is 0 Å². The molecule has 0 aliphatic rings. The average molecular weight is 252 g/mol. The van der Waals surface area contributed by atoms with Gasteiger partial charge in [-0.25, -0.2) is 0 Å². The Labute approximate surface area is 110 Å². The maximum atomic E-state index is 3.15. The fourth-order valence-electron chi connectivity index (χ4n) is 1.84. The number of hydrogen-bond acceptors (Lipinski definition) is 3. The van der Waals surface area contributed by atoms with Crippen LogP contribution in [0.15, 0.2) is 24.3 Å². The molecule has 0 amide bonds. The van der Waals surface area contributed by atoms with Crippen molar-refractivity contribution in [2.45, 2.75) is 19.9 Å². The first kappa shape index (κ1) is 14.4. The van der Waals surface area contributed by atoms with Crippen LogP contribution in [-0.4, -0.2) is 37.0 Å². The molecule has 0 saturated heterocycles. The van der Waals surface area contributed by atoms with Crippen molar-refractivity contribution in [3.05, 3.63) is 29.8 Å². The summed E-state index contributed by atoms with van der Waals surface area (Å²) in [5.74, 6) is 1.22. The summed E-state index contributed by atoms with van der Waals surface area (Å²) < 4.78 is 0. The lowest BCUT2D eigenvalue weighted by atomic mass is 10.2. The minimum absolute atomic E-state index is 1.07. The molecule has 0 heterocycles. The molecule has 0 unspecified atom stereocenters. The minimum Gasteiger partial charge on any atom is -0.388 e. The Hall–Kier alpha value is -0.670. The molecule has 1 aromatic carbocycles. The molecule has 0 atom stereocenters. The predicted octanol–water partition coefficient (Wildman–Crippen LogP) is 3.30. The highest BCUT2D eigenvalue weighted by Gasteiger charge is 2.04. The standard InChI is InChI=1S/C14H24N2S/c1-4-9-16(10-11-17-3)12-13-5-7-14(15-2)8-6-13/h5-8,15H,4,9-12H2,1-3H3. The molecule has 0 spiro atoms. The van der Waals surface area contributed by atoms with Crippen molar-refractivity contribution in [2.75, 3.05) is 37.5 Å². The summed E-state index contributed by atoms with van der Waals surface area (Å²) in [6.45, 7) is 5.69. The lowest BCUT2D eigenvalue weighted by molar-refractivity contribution is 0.283. The van der Waals surface area contributed by atoms with Gasteiger partial charge in [-0.2, -0.15) is 11.8 Å². The van der Waals surface area contributed by atoms with Crippen LogP contribution in [0.5, 0.6) is 0 Å². The third kappa shape index (κ3) is 5.46. The molecule has 2 nitrogen and oxygen atoms in total. The molecule has 17 heavy (non-hydrogen) atoms. The van der Waals surface area contributed by atoms with E-state index in [1.807, 2.05) is 18.8 Å². The Bertz CT molecular complexity index is 298. The van der Waals surface area contributed by atoms with Gasteiger partial charge in [-0.1, -0.05) is 19.1 Å². The second-order valence-corrected chi connectivity index (χ2v) is 5.20. The number of anilines is 1. The van der Waals surface area contributed by atoms with Crippen LogP contribution in [0.4, 0.5) is 5.69 Å². The van der Waals surface area contributed by atoms with Gasteiger partial charge in [0.1, 0.15) is 0 Å². The van der Waals surface area contributed by atoms with Gasteiger partial charge in [0.05, 0.1) is 0 Å². The zero-order chi connectivity index (χ0) is 12.5.